The normalized spacial score (nSPS) is 14.4. The summed E-state index contributed by atoms with van der Waals surface area (Å²) < 4.78 is 12.9. The van der Waals surface area contributed by atoms with Crippen molar-refractivity contribution in [1.29, 1.82) is 0 Å². The molecule has 4 heteroatoms. The van der Waals surface area contributed by atoms with E-state index in [9.17, 15) is 0 Å². The summed E-state index contributed by atoms with van der Waals surface area (Å²) in [5.41, 5.74) is 20.1. The number of rotatable bonds is 5. The summed E-state index contributed by atoms with van der Waals surface area (Å²) in [7, 11) is 0. The Kier molecular flexibility index (Phi) is 7.00. The third-order valence-corrected chi connectivity index (χ3v) is 13.1. The Morgan fingerprint density at radius 1 is 0.441 bits per heavy atom. The van der Waals surface area contributed by atoms with Crippen molar-refractivity contribution < 1.29 is 8.83 Å². The maximum Gasteiger partial charge on any atom is 0.227 e. The molecule has 2 aromatic heterocycles. The van der Waals surface area contributed by atoms with E-state index in [1.165, 1.54) is 50.2 Å². The first-order valence-corrected chi connectivity index (χ1v) is 20.5. The fourth-order valence-electron chi connectivity index (χ4n) is 10.1. The fourth-order valence-corrected chi connectivity index (χ4v) is 10.1. The number of fused-ring (bicyclic) bond motifs is 10. The van der Waals surface area contributed by atoms with Crippen molar-refractivity contribution in [1.82, 2.24) is 4.98 Å². The summed E-state index contributed by atoms with van der Waals surface area (Å²) in [6, 6.07) is 61.2. The van der Waals surface area contributed by atoms with Crippen LogP contribution in [0.3, 0.4) is 0 Å². The average Bonchev–Trinajstić information content (AvgIpc) is 3.98. The van der Waals surface area contributed by atoms with Crippen LogP contribution in [-0.4, -0.2) is 4.98 Å². The van der Waals surface area contributed by atoms with E-state index in [1.54, 1.807) is 0 Å². The van der Waals surface area contributed by atoms with Gasteiger partial charge in [-0.1, -0.05) is 143 Å². The summed E-state index contributed by atoms with van der Waals surface area (Å²) in [6.45, 7) is 9.41. The zero-order valence-electron chi connectivity index (χ0n) is 33.4. The maximum absolute atomic E-state index is 6.67. The Labute approximate surface area is 343 Å². The first-order chi connectivity index (χ1) is 28.8. The van der Waals surface area contributed by atoms with E-state index in [0.717, 1.165) is 55.5 Å². The molecule has 10 aromatic rings. The third kappa shape index (κ3) is 4.87. The van der Waals surface area contributed by atoms with Gasteiger partial charge in [0.1, 0.15) is 16.7 Å². The van der Waals surface area contributed by atoms with Gasteiger partial charge in [-0.3, -0.25) is 0 Å². The summed E-state index contributed by atoms with van der Waals surface area (Å²) >= 11 is 0. The monoisotopic (exact) mass is 760 g/mol. The van der Waals surface area contributed by atoms with Crippen molar-refractivity contribution in [2.45, 2.75) is 38.5 Å². The van der Waals surface area contributed by atoms with Crippen LogP contribution in [0.25, 0.3) is 77.9 Å². The first-order valence-electron chi connectivity index (χ1n) is 20.5. The summed E-state index contributed by atoms with van der Waals surface area (Å²) in [5.74, 6) is 0.606. The molecule has 0 bridgehead atoms. The number of para-hydroxylation sites is 1. The van der Waals surface area contributed by atoms with Crippen LogP contribution in [0.2, 0.25) is 0 Å². The number of nitrogens with zero attached hydrogens (tertiary/aromatic N) is 2. The lowest BCUT2D eigenvalue weighted by Gasteiger charge is -2.30. The minimum atomic E-state index is -0.126. The minimum Gasteiger partial charge on any atom is -0.455 e. The van der Waals surface area contributed by atoms with E-state index < -0.39 is 0 Å². The fraction of sp³-hybridized carbons (Fsp3) is 0.109. The number of anilines is 3. The number of hydrogen-bond donors (Lipinski definition) is 0. The summed E-state index contributed by atoms with van der Waals surface area (Å²) in [5, 5.41) is 2.07. The number of hydrogen-bond acceptors (Lipinski definition) is 4. The number of benzene rings is 8. The van der Waals surface area contributed by atoms with E-state index in [1.807, 2.05) is 36.4 Å². The van der Waals surface area contributed by atoms with E-state index in [2.05, 4.69) is 166 Å². The van der Waals surface area contributed by atoms with Gasteiger partial charge >= 0.3 is 0 Å². The molecule has 2 aliphatic rings. The van der Waals surface area contributed by atoms with E-state index >= 15 is 0 Å². The second-order valence-corrected chi connectivity index (χ2v) is 17.1. The topological polar surface area (TPSA) is 42.4 Å². The molecule has 8 aromatic carbocycles. The van der Waals surface area contributed by atoms with Gasteiger partial charge in [0.15, 0.2) is 5.58 Å². The lowest BCUT2D eigenvalue weighted by atomic mass is 9.82. The predicted molar refractivity (Wildman–Crippen MR) is 242 cm³/mol. The molecule has 0 unspecified atom stereocenters. The van der Waals surface area contributed by atoms with Gasteiger partial charge in [0.25, 0.3) is 0 Å². The molecule has 2 heterocycles. The Morgan fingerprint density at radius 3 is 1.90 bits per heavy atom. The molecule has 0 radical (unpaired) electrons. The van der Waals surface area contributed by atoms with Gasteiger partial charge in [-0.25, -0.2) is 4.98 Å². The van der Waals surface area contributed by atoms with Crippen LogP contribution >= 0.6 is 0 Å². The highest BCUT2D eigenvalue weighted by Crippen LogP contribution is 2.56. The highest BCUT2D eigenvalue weighted by atomic mass is 16.4. The SMILES string of the molecule is CC1(C)c2ccccc2-c2ccc(N(c3ccc(-c4cccc5c4oc4cc6oc(-c7ccccc7)nc6cc45)cc3)c3cccc4c3-c3ccccc3C4(C)C)cc21. The third-order valence-electron chi connectivity index (χ3n) is 13.1. The standard InChI is InChI=1S/C55H40N2O2/c1-54(2)44-21-11-9-17-41(44)51-45(54)22-13-23-48(51)57(36-28-29-39-38-16-8-10-20-43(38)55(3,4)46(39)30-36)35-26-24-33(25-27-35)37-18-12-19-40-42-31-47-50(32-49(42)58-52(37)40)59-53(56-47)34-14-6-5-7-15-34/h5-32H,1-4H3. The molecular formula is C55H40N2O2. The molecule has 2 aliphatic carbocycles. The van der Waals surface area contributed by atoms with Crippen LogP contribution in [-0.2, 0) is 10.8 Å². The van der Waals surface area contributed by atoms with Crippen molar-refractivity contribution >= 4 is 50.1 Å². The van der Waals surface area contributed by atoms with Crippen LogP contribution in [0, 0.1) is 0 Å². The first kappa shape index (κ1) is 33.9. The quantitative estimate of drug-likeness (QED) is 0.175. The van der Waals surface area contributed by atoms with E-state index in [4.69, 9.17) is 13.8 Å². The highest BCUT2D eigenvalue weighted by molar-refractivity contribution is 6.12. The molecule has 0 amide bonds. The zero-order valence-corrected chi connectivity index (χ0v) is 33.4. The van der Waals surface area contributed by atoms with Crippen LogP contribution in [0.4, 0.5) is 17.1 Å². The second-order valence-electron chi connectivity index (χ2n) is 17.1. The molecule has 0 saturated carbocycles. The molecule has 0 aliphatic heterocycles. The van der Waals surface area contributed by atoms with Crippen LogP contribution in [0.15, 0.2) is 179 Å². The summed E-state index contributed by atoms with van der Waals surface area (Å²) in [4.78, 5) is 7.31. The van der Waals surface area contributed by atoms with E-state index in [-0.39, 0.29) is 10.8 Å². The van der Waals surface area contributed by atoms with Crippen LogP contribution in [0.1, 0.15) is 49.9 Å². The molecule has 0 spiro atoms. The number of oxazole rings is 1. The smallest absolute Gasteiger partial charge is 0.227 e. The van der Waals surface area contributed by atoms with Crippen molar-refractivity contribution in [2.75, 3.05) is 4.90 Å². The Hall–Kier alpha value is -7.17. The van der Waals surface area contributed by atoms with Gasteiger partial charge in [-0.15, -0.1) is 0 Å². The second kappa shape index (κ2) is 12.2. The lowest BCUT2D eigenvalue weighted by Crippen LogP contribution is -2.17. The van der Waals surface area contributed by atoms with Gasteiger partial charge in [0.05, 0.1) is 5.69 Å². The molecule has 4 nitrogen and oxygen atoms in total. The van der Waals surface area contributed by atoms with Crippen molar-refractivity contribution in [3.8, 4) is 44.8 Å². The van der Waals surface area contributed by atoms with E-state index in [0.29, 0.717) is 11.5 Å². The maximum atomic E-state index is 6.67. The minimum absolute atomic E-state index is 0.118. The van der Waals surface area contributed by atoms with Crippen molar-refractivity contribution in [2.24, 2.45) is 0 Å². The van der Waals surface area contributed by atoms with Gasteiger partial charge in [-0.2, -0.15) is 0 Å². The average molecular weight is 761 g/mol. The van der Waals surface area contributed by atoms with Crippen LogP contribution < -0.4 is 4.90 Å². The number of furan rings is 1. The lowest BCUT2D eigenvalue weighted by molar-refractivity contribution is 0.617. The van der Waals surface area contributed by atoms with Gasteiger partial charge in [0.2, 0.25) is 5.89 Å². The van der Waals surface area contributed by atoms with Crippen LogP contribution in [0.5, 0.6) is 0 Å². The highest BCUT2D eigenvalue weighted by Gasteiger charge is 2.39. The summed E-state index contributed by atoms with van der Waals surface area (Å²) in [6.07, 6.45) is 0. The van der Waals surface area contributed by atoms with Crippen molar-refractivity contribution in [3.63, 3.8) is 0 Å². The molecule has 282 valence electrons. The molecule has 0 N–H and O–H groups in total. The Balaban J connectivity index is 0.999. The molecule has 0 saturated heterocycles. The Morgan fingerprint density at radius 2 is 1.08 bits per heavy atom. The Bertz CT molecular complexity index is 3330. The zero-order chi connectivity index (χ0) is 39.6. The largest absolute Gasteiger partial charge is 0.455 e. The molecular weight excluding hydrogens is 721 g/mol. The predicted octanol–water partition coefficient (Wildman–Crippen LogP) is 15.1. The molecule has 0 atom stereocenters. The van der Waals surface area contributed by atoms with Gasteiger partial charge < -0.3 is 13.7 Å². The van der Waals surface area contributed by atoms with Gasteiger partial charge in [0, 0.05) is 55.7 Å². The molecule has 59 heavy (non-hydrogen) atoms. The van der Waals surface area contributed by atoms with Gasteiger partial charge in [-0.05, 0) is 93.0 Å². The molecule has 0 fully saturated rings. The van der Waals surface area contributed by atoms with Crippen molar-refractivity contribution in [3.05, 3.63) is 192 Å². The number of aromatic nitrogens is 1. The molecule has 12 rings (SSSR count).